The van der Waals surface area contributed by atoms with Gasteiger partial charge in [-0.15, -0.1) is 0 Å². The molecule has 2 heterocycles. The molecule has 3 nitrogen and oxygen atoms in total. The van der Waals surface area contributed by atoms with Crippen LogP contribution in [0.25, 0.3) is 0 Å². The Labute approximate surface area is 108 Å². The lowest BCUT2D eigenvalue weighted by atomic mass is 9.89. The van der Waals surface area contributed by atoms with Gasteiger partial charge in [-0.25, -0.2) is 4.99 Å². The molecule has 0 aromatic rings. The number of allylic oxidation sites excluding steroid dienone is 3. The minimum Gasteiger partial charge on any atom is -0.372 e. The molecule has 0 radical (unpaired) electrons. The number of fused-ring (bicyclic) bond motifs is 1. The monoisotopic (exact) mass is 242 g/mol. The van der Waals surface area contributed by atoms with Crippen LogP contribution in [0.1, 0.15) is 19.8 Å². The number of rotatable bonds is 1. The van der Waals surface area contributed by atoms with Gasteiger partial charge in [0, 0.05) is 25.0 Å². The van der Waals surface area contributed by atoms with E-state index >= 15 is 0 Å². The maximum Gasteiger partial charge on any atom is 0.257 e. The van der Waals surface area contributed by atoms with Gasteiger partial charge in [0.15, 0.2) is 0 Å². The van der Waals surface area contributed by atoms with Crippen LogP contribution in [0.4, 0.5) is 0 Å². The maximum absolute atomic E-state index is 11.8. The summed E-state index contributed by atoms with van der Waals surface area (Å²) in [7, 11) is 0. The summed E-state index contributed by atoms with van der Waals surface area (Å²) in [6, 6.07) is 0. The summed E-state index contributed by atoms with van der Waals surface area (Å²) in [5, 5.41) is 0. The fraction of sp³-hybridized carbons (Fsp3) is 0.467. The van der Waals surface area contributed by atoms with Crippen molar-refractivity contribution in [2.45, 2.75) is 19.8 Å². The number of carbonyl (C=O) groups excluding carboxylic acids is 1. The summed E-state index contributed by atoms with van der Waals surface area (Å²) >= 11 is 0. The Bertz CT molecular complexity index is 477. The van der Waals surface area contributed by atoms with Crippen LogP contribution < -0.4 is 0 Å². The highest BCUT2D eigenvalue weighted by molar-refractivity contribution is 5.98. The van der Waals surface area contributed by atoms with Crippen molar-refractivity contribution in [3.05, 3.63) is 35.6 Å². The molecule has 0 saturated carbocycles. The zero-order valence-electron chi connectivity index (χ0n) is 10.7. The largest absolute Gasteiger partial charge is 0.372 e. The highest BCUT2D eigenvalue weighted by atomic mass is 16.1. The first-order valence-corrected chi connectivity index (χ1v) is 6.67. The van der Waals surface area contributed by atoms with E-state index in [-0.39, 0.29) is 11.8 Å². The third-order valence-corrected chi connectivity index (χ3v) is 4.03. The smallest absolute Gasteiger partial charge is 0.257 e. The molecular formula is C15H18N2O. The first kappa shape index (κ1) is 11.5. The van der Waals surface area contributed by atoms with Gasteiger partial charge in [0.2, 0.25) is 0 Å². The molecule has 0 aromatic heterocycles. The quantitative estimate of drug-likeness (QED) is 0.707. The normalized spacial score (nSPS) is 27.9. The Morgan fingerprint density at radius 1 is 1.28 bits per heavy atom. The van der Waals surface area contributed by atoms with Gasteiger partial charge < -0.3 is 4.90 Å². The molecule has 3 heteroatoms. The molecule has 1 saturated heterocycles. The van der Waals surface area contributed by atoms with Crippen LogP contribution in [0.15, 0.2) is 40.6 Å². The summed E-state index contributed by atoms with van der Waals surface area (Å²) in [6.07, 6.45) is 12.3. The number of hydrogen-bond donors (Lipinski definition) is 0. The number of piperidine rings is 1. The van der Waals surface area contributed by atoms with Gasteiger partial charge in [0.1, 0.15) is 0 Å². The van der Waals surface area contributed by atoms with Crippen molar-refractivity contribution in [3.8, 4) is 0 Å². The van der Waals surface area contributed by atoms with E-state index < -0.39 is 0 Å². The van der Waals surface area contributed by atoms with Crippen LogP contribution in [0.2, 0.25) is 0 Å². The molecule has 1 amide bonds. The fourth-order valence-electron chi connectivity index (χ4n) is 2.74. The van der Waals surface area contributed by atoms with Crippen LogP contribution in [0.3, 0.4) is 0 Å². The topological polar surface area (TPSA) is 32.7 Å². The molecule has 0 spiro atoms. The summed E-state index contributed by atoms with van der Waals surface area (Å²) in [5.74, 6) is 0.625. The molecule has 0 aromatic carbocycles. The molecule has 2 aliphatic heterocycles. The Morgan fingerprint density at radius 3 is 2.83 bits per heavy atom. The molecule has 3 aliphatic rings. The summed E-state index contributed by atoms with van der Waals surface area (Å²) < 4.78 is 0. The molecule has 1 unspecified atom stereocenters. The van der Waals surface area contributed by atoms with Crippen LogP contribution in [0.5, 0.6) is 0 Å². The summed E-state index contributed by atoms with van der Waals surface area (Å²) in [4.78, 5) is 18.0. The minimum absolute atomic E-state index is 0.0419. The molecular weight excluding hydrogens is 224 g/mol. The van der Waals surface area contributed by atoms with Gasteiger partial charge in [-0.2, -0.15) is 0 Å². The zero-order valence-corrected chi connectivity index (χ0v) is 10.7. The predicted octanol–water partition coefficient (Wildman–Crippen LogP) is 2.33. The zero-order chi connectivity index (χ0) is 12.5. The molecule has 1 aliphatic carbocycles. The maximum atomic E-state index is 11.8. The molecule has 18 heavy (non-hydrogen) atoms. The minimum atomic E-state index is -0.158. The molecule has 0 N–H and O–H groups in total. The van der Waals surface area contributed by atoms with Crippen molar-refractivity contribution in [3.63, 3.8) is 0 Å². The van der Waals surface area contributed by atoms with Crippen LogP contribution >= 0.6 is 0 Å². The number of aliphatic imine (C=N–C) groups is 1. The number of nitrogens with zero attached hydrogens (tertiary/aromatic N) is 2. The lowest BCUT2D eigenvalue weighted by Gasteiger charge is -2.34. The van der Waals surface area contributed by atoms with Crippen molar-refractivity contribution in [1.82, 2.24) is 4.90 Å². The summed E-state index contributed by atoms with van der Waals surface area (Å²) in [6.45, 7) is 4.50. The van der Waals surface area contributed by atoms with E-state index in [0.717, 1.165) is 24.6 Å². The SMILES string of the molecule is CC1CCN(C2=CC3C(=O)N=CC=C3C=C2)CC1. The van der Waals surface area contributed by atoms with Crippen molar-refractivity contribution < 1.29 is 4.79 Å². The van der Waals surface area contributed by atoms with E-state index in [1.165, 1.54) is 18.5 Å². The standard InChI is InChI=1S/C15H18N2O/c1-11-5-8-17(9-6-11)13-3-2-12-4-7-16-15(18)14(12)10-13/h2-4,7,10-11,14H,5-6,8-9H2,1H3. The molecule has 0 bridgehead atoms. The first-order valence-electron chi connectivity index (χ1n) is 6.67. The van der Waals surface area contributed by atoms with Gasteiger partial charge in [-0.05, 0) is 42.6 Å². The summed E-state index contributed by atoms with van der Waals surface area (Å²) in [5.41, 5.74) is 2.25. The fourth-order valence-corrected chi connectivity index (χ4v) is 2.74. The average molecular weight is 242 g/mol. The van der Waals surface area contributed by atoms with Gasteiger partial charge in [0.25, 0.3) is 5.91 Å². The average Bonchev–Trinajstić information content (AvgIpc) is 2.40. The van der Waals surface area contributed by atoms with Crippen molar-refractivity contribution in [1.29, 1.82) is 0 Å². The van der Waals surface area contributed by atoms with E-state index in [2.05, 4.69) is 35.0 Å². The predicted molar refractivity (Wildman–Crippen MR) is 72.3 cm³/mol. The highest BCUT2D eigenvalue weighted by Crippen LogP contribution is 2.29. The third kappa shape index (κ3) is 2.05. The second-order valence-corrected chi connectivity index (χ2v) is 5.36. The van der Waals surface area contributed by atoms with Gasteiger partial charge in [0.05, 0.1) is 5.92 Å². The molecule has 1 fully saturated rings. The van der Waals surface area contributed by atoms with Gasteiger partial charge in [-0.3, -0.25) is 4.79 Å². The van der Waals surface area contributed by atoms with E-state index in [4.69, 9.17) is 0 Å². The highest BCUT2D eigenvalue weighted by Gasteiger charge is 2.26. The number of carbonyl (C=O) groups is 1. The van der Waals surface area contributed by atoms with Crippen LogP contribution in [-0.2, 0) is 4.79 Å². The Morgan fingerprint density at radius 2 is 2.06 bits per heavy atom. The first-order chi connectivity index (χ1) is 8.74. The Hall–Kier alpha value is -1.64. The van der Waals surface area contributed by atoms with Gasteiger partial charge >= 0.3 is 0 Å². The second-order valence-electron chi connectivity index (χ2n) is 5.36. The van der Waals surface area contributed by atoms with E-state index in [1.54, 1.807) is 6.21 Å². The van der Waals surface area contributed by atoms with E-state index in [9.17, 15) is 4.79 Å². The van der Waals surface area contributed by atoms with Crippen LogP contribution in [0, 0.1) is 11.8 Å². The van der Waals surface area contributed by atoms with Crippen LogP contribution in [-0.4, -0.2) is 30.1 Å². The lowest BCUT2D eigenvalue weighted by Crippen LogP contribution is -2.33. The van der Waals surface area contributed by atoms with Crippen molar-refractivity contribution in [2.24, 2.45) is 16.8 Å². The van der Waals surface area contributed by atoms with E-state index in [0.29, 0.717) is 0 Å². The number of likely N-dealkylation sites (tertiary alicyclic amines) is 1. The molecule has 94 valence electrons. The Balaban J connectivity index is 1.79. The van der Waals surface area contributed by atoms with Gasteiger partial charge in [-0.1, -0.05) is 13.0 Å². The second kappa shape index (κ2) is 4.56. The number of dihydropyridines is 1. The number of hydrogen-bond acceptors (Lipinski definition) is 2. The molecule has 3 rings (SSSR count). The number of amides is 1. The van der Waals surface area contributed by atoms with Crippen molar-refractivity contribution in [2.75, 3.05) is 13.1 Å². The van der Waals surface area contributed by atoms with E-state index in [1.807, 2.05) is 6.08 Å². The lowest BCUT2D eigenvalue weighted by molar-refractivity contribution is -0.119. The molecule has 1 atom stereocenters. The van der Waals surface area contributed by atoms with Crippen molar-refractivity contribution >= 4 is 12.1 Å². The third-order valence-electron chi connectivity index (χ3n) is 4.03. The Kier molecular flexibility index (Phi) is 2.90.